The molecule has 1 aromatic carbocycles. The van der Waals surface area contributed by atoms with Crippen molar-refractivity contribution in [3.05, 3.63) is 36.0 Å². The van der Waals surface area contributed by atoms with Crippen LogP contribution in [0.5, 0.6) is 0 Å². The number of fused-ring (bicyclic) bond motifs is 1. The van der Waals surface area contributed by atoms with E-state index in [-0.39, 0.29) is 24.4 Å². The topological polar surface area (TPSA) is 216 Å². The van der Waals surface area contributed by atoms with Crippen molar-refractivity contribution >= 4 is 29.5 Å². The van der Waals surface area contributed by atoms with Crippen LogP contribution < -0.4 is 5.48 Å². The predicted octanol–water partition coefficient (Wildman–Crippen LogP) is 4.97. The Kier molecular flexibility index (Phi) is 16.3. The first-order valence-corrected chi connectivity index (χ1v) is 23.3. The maximum Gasteiger partial charge on any atom is 0.410 e. The van der Waals surface area contributed by atoms with Crippen LogP contribution in [0.15, 0.2) is 35.5 Å². The maximum absolute atomic E-state index is 14.5. The predicted molar refractivity (Wildman–Crippen MR) is 238 cm³/mol. The molecule has 5 heterocycles. The molecule has 65 heavy (non-hydrogen) atoms. The minimum atomic E-state index is -1.19. The molecule has 0 unspecified atom stereocenters. The first kappa shape index (κ1) is 50.1. The van der Waals surface area contributed by atoms with E-state index in [0.717, 1.165) is 35.4 Å². The Morgan fingerprint density at radius 2 is 1.83 bits per heavy atom. The SMILES string of the molecule is CC[C@H]1OC(=O)[C@H](C)C(=O)[C@H](C)[C@@H](O[C@@H]2O[C@H](C)C[C@H](N(C)Cc3cccc(-c4cn(CCCCCC(=O)NO)nn4)c3)[C@H]2O)[C@@](C)(OC)C[C@@H](C)C2=NCCN3C(=O)O[C@@]1(C)[C@H]3[C@H]2C. The van der Waals surface area contributed by atoms with Gasteiger partial charge in [-0.2, -0.15) is 0 Å². The first-order chi connectivity index (χ1) is 30.8. The van der Waals surface area contributed by atoms with Gasteiger partial charge in [-0.25, -0.2) is 10.3 Å². The van der Waals surface area contributed by atoms with E-state index in [1.165, 1.54) is 6.92 Å². The van der Waals surface area contributed by atoms with Crippen molar-refractivity contribution in [2.75, 3.05) is 27.2 Å². The summed E-state index contributed by atoms with van der Waals surface area (Å²) in [5.74, 6) is -4.13. The lowest BCUT2D eigenvalue weighted by Crippen LogP contribution is -2.60. The number of unbranched alkanes of at least 4 members (excludes halogenated alkanes) is 2. The number of benzene rings is 1. The average Bonchev–Trinajstić information content (AvgIpc) is 3.80. The zero-order valence-corrected chi connectivity index (χ0v) is 39.8. The molecule has 0 aliphatic carbocycles. The highest BCUT2D eigenvalue weighted by molar-refractivity contribution is 6.00. The number of ketones is 1. The van der Waals surface area contributed by atoms with Crippen LogP contribution in [0.25, 0.3) is 11.3 Å². The third-order valence-corrected chi connectivity index (χ3v) is 14.3. The number of hydrogen-bond acceptors (Lipinski definition) is 15. The molecule has 0 saturated carbocycles. The highest BCUT2D eigenvalue weighted by Gasteiger charge is 2.60. The molecule has 3 saturated heterocycles. The van der Waals surface area contributed by atoms with E-state index in [4.69, 9.17) is 33.9 Å². The number of likely N-dealkylation sites (N-methyl/N-ethyl adjacent to an activating group) is 1. The molecule has 0 spiro atoms. The van der Waals surface area contributed by atoms with Gasteiger partial charge in [-0.15, -0.1) is 5.10 Å². The van der Waals surface area contributed by atoms with E-state index in [9.17, 15) is 24.3 Å². The smallest absolute Gasteiger partial charge is 0.410 e. The molecule has 360 valence electrons. The fraction of sp³-hybridized carbons (Fsp3) is 0.723. The number of carbonyl (C=O) groups is 4. The lowest BCUT2D eigenvalue weighted by molar-refractivity contribution is -0.296. The number of aryl methyl sites for hydroxylation is 1. The second-order valence-electron chi connectivity index (χ2n) is 19.1. The molecule has 4 aliphatic rings. The van der Waals surface area contributed by atoms with Gasteiger partial charge < -0.3 is 28.8 Å². The lowest BCUT2D eigenvalue weighted by Gasteiger charge is -2.47. The average molecular weight is 910 g/mol. The Morgan fingerprint density at radius 1 is 1.08 bits per heavy atom. The first-order valence-electron chi connectivity index (χ1n) is 23.3. The van der Waals surface area contributed by atoms with Crippen LogP contribution in [-0.2, 0) is 51.2 Å². The molecule has 18 heteroatoms. The number of rotatable bonds is 14. The minimum absolute atomic E-state index is 0.208. The van der Waals surface area contributed by atoms with E-state index in [1.54, 1.807) is 29.1 Å². The van der Waals surface area contributed by atoms with Crippen molar-refractivity contribution in [1.82, 2.24) is 30.3 Å². The van der Waals surface area contributed by atoms with E-state index in [0.29, 0.717) is 51.9 Å². The Bertz CT molecular complexity index is 2030. The molecular formula is C47H71N7O11. The lowest BCUT2D eigenvalue weighted by atomic mass is 9.73. The summed E-state index contributed by atoms with van der Waals surface area (Å²) in [4.78, 5) is 62.0. The van der Waals surface area contributed by atoms with Crippen LogP contribution in [0, 0.1) is 23.7 Å². The van der Waals surface area contributed by atoms with Crippen LogP contribution >= 0.6 is 0 Å². The minimum Gasteiger partial charge on any atom is -0.458 e. The molecule has 2 bridgehead atoms. The zero-order chi connectivity index (χ0) is 47.4. The number of nitrogens with one attached hydrogen (secondary N) is 1. The molecule has 6 rings (SSSR count). The highest BCUT2D eigenvalue weighted by atomic mass is 16.7. The quantitative estimate of drug-likeness (QED) is 0.0751. The molecule has 3 fully saturated rings. The molecule has 1 aromatic heterocycles. The molecular weight excluding hydrogens is 839 g/mol. The molecule has 2 amide bonds. The van der Waals surface area contributed by atoms with Crippen molar-refractivity contribution in [3.8, 4) is 11.3 Å². The fourth-order valence-corrected chi connectivity index (χ4v) is 10.8. The maximum atomic E-state index is 14.5. The molecule has 13 atom stereocenters. The Morgan fingerprint density at radius 3 is 2.54 bits per heavy atom. The van der Waals surface area contributed by atoms with E-state index in [2.05, 4.69) is 28.2 Å². The number of hydroxylamine groups is 1. The van der Waals surface area contributed by atoms with Gasteiger partial charge in [0.25, 0.3) is 0 Å². The van der Waals surface area contributed by atoms with Gasteiger partial charge in [0.2, 0.25) is 5.91 Å². The number of amides is 2. The van der Waals surface area contributed by atoms with Crippen LogP contribution in [0.1, 0.15) is 106 Å². The number of hydrogen-bond donors (Lipinski definition) is 3. The molecule has 3 N–H and O–H groups in total. The Hall–Kier alpha value is -4.33. The standard InChI is InChI=1S/C47H71N7O11/c1-11-36-47(8)41-29(4)38(48-19-21-54(41)45(59)65-47)27(2)24-46(7,61-10)42(30(5)39(56)31(6)43(58)63-36)64-44-40(57)35(22-28(3)62-44)52(9)25-32-16-15-17-33(23-32)34-26-53(51-49-34)20-14-12-13-18-37(55)50-60/h15-17,23,26-31,35-36,40-42,44,57,60H,11-14,18-22,24-25H2,1-10H3,(H,50,55)/t27-,28-,29+,30+,31-,35+,36-,40-,41-,42-,44+,46+,47-/m1/s1. The number of nitrogens with zero attached hydrogens (tertiary/aromatic N) is 6. The van der Waals surface area contributed by atoms with Gasteiger partial charge in [-0.05, 0) is 84.4 Å². The van der Waals surface area contributed by atoms with Crippen LogP contribution in [0.3, 0.4) is 0 Å². The van der Waals surface area contributed by atoms with Gasteiger partial charge >= 0.3 is 12.1 Å². The van der Waals surface area contributed by atoms with Gasteiger partial charge in [0.05, 0.1) is 36.6 Å². The van der Waals surface area contributed by atoms with Gasteiger partial charge in [0.1, 0.15) is 23.8 Å². The summed E-state index contributed by atoms with van der Waals surface area (Å²) in [6.07, 6.45) is 0.774. The summed E-state index contributed by atoms with van der Waals surface area (Å²) in [5.41, 5.74) is 2.80. The third kappa shape index (κ3) is 10.8. The number of cyclic esters (lactones) is 1. The number of aliphatic imine (C=N–C) groups is 1. The summed E-state index contributed by atoms with van der Waals surface area (Å²) < 4.78 is 33.6. The molecule has 4 aliphatic heterocycles. The van der Waals surface area contributed by atoms with E-state index >= 15 is 0 Å². The summed E-state index contributed by atoms with van der Waals surface area (Å²) in [7, 11) is 3.52. The Labute approximate surface area is 382 Å². The zero-order valence-electron chi connectivity index (χ0n) is 39.8. The van der Waals surface area contributed by atoms with Gasteiger partial charge in [0, 0.05) is 62.3 Å². The highest BCUT2D eigenvalue weighted by Crippen LogP contribution is 2.44. The van der Waals surface area contributed by atoms with Crippen LogP contribution in [0.2, 0.25) is 0 Å². The number of aliphatic hydroxyl groups excluding tert-OH is 1. The van der Waals surface area contributed by atoms with Crippen LogP contribution in [0.4, 0.5) is 4.79 Å². The third-order valence-electron chi connectivity index (χ3n) is 14.3. The number of methoxy groups -OCH3 is 1. The summed E-state index contributed by atoms with van der Waals surface area (Å²) in [6.45, 7) is 16.7. The van der Waals surface area contributed by atoms with Crippen molar-refractivity contribution in [2.24, 2.45) is 28.7 Å². The largest absolute Gasteiger partial charge is 0.458 e. The van der Waals surface area contributed by atoms with Crippen molar-refractivity contribution < 1.29 is 53.2 Å². The second kappa shape index (κ2) is 21.1. The van der Waals surface area contributed by atoms with Crippen molar-refractivity contribution in [2.45, 2.75) is 167 Å². The molecule has 18 nitrogen and oxygen atoms in total. The van der Waals surface area contributed by atoms with Gasteiger partial charge in [0.15, 0.2) is 17.7 Å². The summed E-state index contributed by atoms with van der Waals surface area (Å²) >= 11 is 0. The molecule has 0 radical (unpaired) electrons. The number of esters is 1. The van der Waals surface area contributed by atoms with Crippen LogP contribution in [-0.4, -0.2) is 146 Å². The van der Waals surface area contributed by atoms with E-state index < -0.39 is 83.5 Å². The second-order valence-corrected chi connectivity index (χ2v) is 19.1. The van der Waals surface area contributed by atoms with Crippen molar-refractivity contribution in [1.29, 1.82) is 0 Å². The fourth-order valence-electron chi connectivity index (χ4n) is 10.8. The number of carbonyl (C=O) groups excluding carboxylic acids is 4. The van der Waals surface area contributed by atoms with Gasteiger partial charge in [-0.1, -0.05) is 57.5 Å². The van der Waals surface area contributed by atoms with E-state index in [1.807, 2.05) is 66.1 Å². The molecule has 2 aromatic rings. The Balaban J connectivity index is 1.22. The number of aromatic nitrogens is 3. The van der Waals surface area contributed by atoms with Gasteiger partial charge in [-0.3, -0.25) is 39.1 Å². The summed E-state index contributed by atoms with van der Waals surface area (Å²) in [6, 6.07) is 7.14. The summed E-state index contributed by atoms with van der Waals surface area (Å²) in [5, 5.41) is 29.5. The number of aliphatic hydroxyl groups is 1. The normalized spacial score (nSPS) is 34.7. The number of ether oxygens (including phenoxy) is 5. The number of Topliss-reactive ketones (excluding diaryl/α,β-unsaturated/α-hetero) is 1. The van der Waals surface area contributed by atoms with Crippen molar-refractivity contribution in [3.63, 3.8) is 0 Å². The monoisotopic (exact) mass is 910 g/mol.